The van der Waals surface area contributed by atoms with Gasteiger partial charge >= 0.3 is 0 Å². The fourth-order valence-electron chi connectivity index (χ4n) is 4.80. The van der Waals surface area contributed by atoms with E-state index in [4.69, 9.17) is 11.6 Å². The molecule has 0 aliphatic carbocycles. The maximum absolute atomic E-state index is 13.5. The SMILES string of the molecule is Cc1ccc(Cl)cc1N1CCN(C(=O)c2ccc(CN(c3ccccc3)S(=O)(=O)c3ccccc3)cc2)CC1. The number of amides is 1. The Balaban J connectivity index is 1.29. The molecule has 1 fully saturated rings. The van der Waals surface area contributed by atoms with Gasteiger partial charge in [-0.2, -0.15) is 0 Å². The van der Waals surface area contributed by atoms with E-state index in [0.717, 1.165) is 29.9 Å². The third-order valence-corrected chi connectivity index (χ3v) is 9.00. The first kappa shape index (κ1) is 26.8. The molecule has 39 heavy (non-hydrogen) atoms. The molecule has 200 valence electrons. The third kappa shape index (κ3) is 5.95. The molecule has 0 atom stereocenters. The summed E-state index contributed by atoms with van der Waals surface area (Å²) in [5, 5.41) is 0.705. The molecule has 1 amide bonds. The zero-order chi connectivity index (χ0) is 27.4. The second kappa shape index (κ2) is 11.5. The van der Waals surface area contributed by atoms with E-state index in [1.54, 1.807) is 54.6 Å². The molecule has 0 aromatic heterocycles. The molecule has 6 nitrogen and oxygen atoms in total. The van der Waals surface area contributed by atoms with Crippen LogP contribution >= 0.6 is 11.6 Å². The minimum absolute atomic E-state index is 0.0270. The Bertz CT molecular complexity index is 1540. The molecule has 4 aromatic rings. The molecule has 0 bridgehead atoms. The van der Waals surface area contributed by atoms with Crippen molar-refractivity contribution >= 4 is 38.9 Å². The van der Waals surface area contributed by atoms with Gasteiger partial charge in [0, 0.05) is 42.5 Å². The maximum atomic E-state index is 13.5. The van der Waals surface area contributed by atoms with Crippen LogP contribution in [0.1, 0.15) is 21.5 Å². The highest BCUT2D eigenvalue weighted by Crippen LogP contribution is 2.27. The van der Waals surface area contributed by atoms with Gasteiger partial charge in [-0.25, -0.2) is 8.42 Å². The minimum atomic E-state index is -3.78. The van der Waals surface area contributed by atoms with Crippen molar-refractivity contribution in [2.24, 2.45) is 0 Å². The Morgan fingerprint density at radius 3 is 2.08 bits per heavy atom. The highest BCUT2D eigenvalue weighted by Gasteiger charge is 2.26. The largest absolute Gasteiger partial charge is 0.368 e. The fraction of sp³-hybridized carbons (Fsp3) is 0.194. The lowest BCUT2D eigenvalue weighted by Crippen LogP contribution is -2.49. The van der Waals surface area contributed by atoms with E-state index in [0.29, 0.717) is 29.4 Å². The number of hydrogen-bond acceptors (Lipinski definition) is 4. The Labute approximate surface area is 235 Å². The van der Waals surface area contributed by atoms with Crippen molar-refractivity contribution in [2.45, 2.75) is 18.4 Å². The van der Waals surface area contributed by atoms with Gasteiger partial charge < -0.3 is 9.80 Å². The van der Waals surface area contributed by atoms with Crippen molar-refractivity contribution in [1.82, 2.24) is 4.90 Å². The summed E-state index contributed by atoms with van der Waals surface area (Å²) in [6.07, 6.45) is 0. The Hall–Kier alpha value is -3.81. The number of para-hydroxylation sites is 1. The van der Waals surface area contributed by atoms with Crippen LogP contribution in [-0.4, -0.2) is 45.4 Å². The molecule has 0 radical (unpaired) electrons. The van der Waals surface area contributed by atoms with Gasteiger partial charge in [0.15, 0.2) is 0 Å². The number of aryl methyl sites for hydroxylation is 1. The van der Waals surface area contributed by atoms with Gasteiger partial charge in [-0.1, -0.05) is 66.2 Å². The topological polar surface area (TPSA) is 60.9 Å². The molecule has 1 aliphatic rings. The van der Waals surface area contributed by atoms with Gasteiger partial charge in [-0.3, -0.25) is 9.10 Å². The van der Waals surface area contributed by atoms with Gasteiger partial charge in [-0.05, 0) is 66.6 Å². The van der Waals surface area contributed by atoms with Crippen LogP contribution in [-0.2, 0) is 16.6 Å². The third-order valence-electron chi connectivity index (χ3n) is 6.98. The minimum Gasteiger partial charge on any atom is -0.368 e. The summed E-state index contributed by atoms with van der Waals surface area (Å²) in [6, 6.07) is 30.6. The average Bonchev–Trinajstić information content (AvgIpc) is 2.98. The van der Waals surface area contributed by atoms with Crippen LogP contribution in [0, 0.1) is 6.92 Å². The normalized spacial score (nSPS) is 13.8. The molecule has 0 spiro atoms. The van der Waals surface area contributed by atoms with E-state index in [1.807, 2.05) is 53.4 Å². The van der Waals surface area contributed by atoms with Crippen LogP contribution in [0.3, 0.4) is 0 Å². The summed E-state index contributed by atoms with van der Waals surface area (Å²) >= 11 is 6.20. The highest BCUT2D eigenvalue weighted by molar-refractivity contribution is 7.92. The van der Waals surface area contributed by atoms with Crippen molar-refractivity contribution in [3.05, 3.63) is 125 Å². The average molecular weight is 560 g/mol. The second-order valence-electron chi connectivity index (χ2n) is 9.57. The molecule has 1 aliphatic heterocycles. The van der Waals surface area contributed by atoms with Gasteiger partial charge in [0.2, 0.25) is 0 Å². The van der Waals surface area contributed by atoms with Crippen LogP contribution in [0.15, 0.2) is 108 Å². The van der Waals surface area contributed by atoms with Crippen molar-refractivity contribution in [3.8, 4) is 0 Å². The molecule has 8 heteroatoms. The quantitative estimate of drug-likeness (QED) is 0.278. The number of carbonyl (C=O) groups is 1. The van der Waals surface area contributed by atoms with Gasteiger partial charge in [0.25, 0.3) is 15.9 Å². The Morgan fingerprint density at radius 2 is 1.44 bits per heavy atom. The first-order chi connectivity index (χ1) is 18.8. The molecule has 1 saturated heterocycles. The zero-order valence-corrected chi connectivity index (χ0v) is 23.3. The predicted octanol–water partition coefficient (Wildman–Crippen LogP) is 6.01. The number of nitrogens with zero attached hydrogens (tertiary/aromatic N) is 3. The second-order valence-corrected chi connectivity index (χ2v) is 11.9. The van der Waals surface area contributed by atoms with Crippen molar-refractivity contribution in [1.29, 1.82) is 0 Å². The lowest BCUT2D eigenvalue weighted by atomic mass is 10.1. The maximum Gasteiger partial charge on any atom is 0.264 e. The molecular formula is C31H30ClN3O3S. The lowest BCUT2D eigenvalue weighted by Gasteiger charge is -2.37. The smallest absolute Gasteiger partial charge is 0.264 e. The number of hydrogen-bond donors (Lipinski definition) is 0. The Kier molecular flexibility index (Phi) is 7.91. The van der Waals surface area contributed by atoms with E-state index >= 15 is 0 Å². The number of carbonyl (C=O) groups excluding carboxylic acids is 1. The van der Waals surface area contributed by atoms with Crippen molar-refractivity contribution < 1.29 is 13.2 Å². The van der Waals surface area contributed by atoms with Crippen LogP contribution in [0.5, 0.6) is 0 Å². The van der Waals surface area contributed by atoms with Crippen LogP contribution in [0.2, 0.25) is 5.02 Å². The van der Waals surface area contributed by atoms with Crippen molar-refractivity contribution in [3.63, 3.8) is 0 Å². The van der Waals surface area contributed by atoms with Crippen LogP contribution in [0.4, 0.5) is 11.4 Å². The van der Waals surface area contributed by atoms with Gasteiger partial charge in [0.05, 0.1) is 17.1 Å². The van der Waals surface area contributed by atoms with Gasteiger partial charge in [-0.15, -0.1) is 0 Å². The van der Waals surface area contributed by atoms with Gasteiger partial charge in [0.1, 0.15) is 0 Å². The summed E-state index contributed by atoms with van der Waals surface area (Å²) in [5.74, 6) is -0.0270. The Morgan fingerprint density at radius 1 is 0.821 bits per heavy atom. The number of sulfonamides is 1. The summed E-state index contributed by atoms with van der Waals surface area (Å²) in [5.41, 5.74) is 4.22. The van der Waals surface area contributed by atoms with Crippen molar-refractivity contribution in [2.75, 3.05) is 35.4 Å². The standard InChI is InChI=1S/C31H30ClN3O3S/c1-24-12-17-27(32)22-30(24)33-18-20-34(21-19-33)31(36)26-15-13-25(14-16-26)23-35(28-8-4-2-5-9-28)39(37,38)29-10-6-3-7-11-29/h2-17,22H,18-21,23H2,1H3. The van der Waals surface area contributed by atoms with E-state index in [1.165, 1.54) is 4.31 Å². The first-order valence-electron chi connectivity index (χ1n) is 12.8. The number of piperazine rings is 1. The molecule has 0 N–H and O–H groups in total. The summed E-state index contributed by atoms with van der Waals surface area (Å²) in [7, 11) is -3.78. The number of halogens is 1. The predicted molar refractivity (Wildman–Crippen MR) is 157 cm³/mol. The molecule has 5 rings (SSSR count). The highest BCUT2D eigenvalue weighted by atomic mass is 35.5. The number of benzene rings is 4. The monoisotopic (exact) mass is 559 g/mol. The summed E-state index contributed by atoms with van der Waals surface area (Å²) in [4.78, 5) is 17.6. The molecule has 0 saturated carbocycles. The molecule has 0 unspecified atom stereocenters. The van der Waals surface area contributed by atoms with E-state index in [9.17, 15) is 13.2 Å². The fourth-order valence-corrected chi connectivity index (χ4v) is 6.44. The van der Waals surface area contributed by atoms with E-state index < -0.39 is 10.0 Å². The number of anilines is 2. The summed E-state index contributed by atoms with van der Waals surface area (Å²) < 4.78 is 28.5. The molecular weight excluding hydrogens is 530 g/mol. The first-order valence-corrected chi connectivity index (χ1v) is 14.7. The van der Waals surface area contributed by atoms with Crippen LogP contribution in [0.25, 0.3) is 0 Å². The summed E-state index contributed by atoms with van der Waals surface area (Å²) in [6.45, 7) is 4.90. The van der Waals surface area contributed by atoms with E-state index in [2.05, 4.69) is 11.8 Å². The molecule has 1 heterocycles. The van der Waals surface area contributed by atoms with Crippen LogP contribution < -0.4 is 9.21 Å². The number of rotatable bonds is 7. The molecule has 4 aromatic carbocycles. The lowest BCUT2D eigenvalue weighted by molar-refractivity contribution is 0.0746. The zero-order valence-electron chi connectivity index (χ0n) is 21.7. The van der Waals surface area contributed by atoms with E-state index in [-0.39, 0.29) is 17.3 Å².